The smallest absolute Gasteiger partial charge is 0.0767 e. The quantitative estimate of drug-likeness (QED) is 0.282. The Bertz CT molecular complexity index is 687. The van der Waals surface area contributed by atoms with Crippen molar-refractivity contribution in [1.29, 1.82) is 0 Å². The van der Waals surface area contributed by atoms with Crippen molar-refractivity contribution in [3.63, 3.8) is 0 Å². The maximum atomic E-state index is 9.87. The summed E-state index contributed by atoms with van der Waals surface area (Å²) in [5.41, 5.74) is 1.06. The number of methoxy groups -OCH3 is 1. The Balaban J connectivity index is 0.000000354. The first-order valence-corrected chi connectivity index (χ1v) is 8.23. The number of hydrogen-bond donors (Lipinski definition) is 1. The van der Waals surface area contributed by atoms with E-state index in [0.29, 0.717) is 0 Å². The first-order chi connectivity index (χ1) is 10.4. The molecule has 24 heavy (non-hydrogen) atoms. The molecular weight excluding hydrogens is 444 g/mol. The van der Waals surface area contributed by atoms with Crippen molar-refractivity contribution in [3.05, 3.63) is 61.2 Å². The Morgan fingerprint density at radius 1 is 0.875 bits per heavy atom. The zero-order valence-electron chi connectivity index (χ0n) is 12.3. The van der Waals surface area contributed by atoms with Gasteiger partial charge in [-0.1, -0.05) is 36.4 Å². The minimum absolute atomic E-state index is 0. The molecule has 1 aromatic carbocycles. The van der Waals surface area contributed by atoms with Crippen LogP contribution in [0, 0.1) is 6.42 Å². The summed E-state index contributed by atoms with van der Waals surface area (Å²) in [6, 6.07) is 8.00. The number of aromatic nitrogens is 1. The number of ether oxygens (including phenoxy) is 1. The van der Waals surface area contributed by atoms with E-state index in [1.54, 1.807) is 7.11 Å². The van der Waals surface area contributed by atoms with Crippen LogP contribution in [0.5, 0.6) is 5.75 Å². The average molecular weight is 458 g/mol. The van der Waals surface area contributed by atoms with E-state index in [-0.39, 0.29) is 19.5 Å². The molecule has 0 fully saturated rings. The molecule has 0 atom stereocenters. The molecule has 1 aliphatic rings. The summed E-state index contributed by atoms with van der Waals surface area (Å²) in [7, 11) is -8.98. The van der Waals surface area contributed by atoms with E-state index in [9.17, 15) is 25.2 Å². The maximum absolute atomic E-state index is 10.7. The molecule has 0 spiro atoms. The van der Waals surface area contributed by atoms with E-state index < -0.39 is 7.81 Å². The van der Waals surface area contributed by atoms with Gasteiger partial charge in [-0.2, -0.15) is 0 Å². The number of benzene rings is 1. The predicted octanol–water partition coefficient (Wildman–Crippen LogP) is 6.87. The molecule has 2 nitrogen and oxygen atoms in total. The number of allylic oxidation sites excluding steroid dienone is 4. The SMILES string of the molecule is COc1cccc2cc[nH]c12.F[P-](F)(F)(F)(F)F.[CH]1C=CC=C1.[Ru+]. The monoisotopic (exact) mass is 459 g/mol. The Hall–Kier alpha value is -1.33. The first kappa shape index (κ1) is 22.7. The second-order valence-electron chi connectivity index (χ2n) is 4.32. The van der Waals surface area contributed by atoms with E-state index in [1.165, 1.54) is 5.39 Å². The van der Waals surface area contributed by atoms with Crippen molar-refractivity contribution in [1.82, 2.24) is 4.98 Å². The average Bonchev–Trinajstić information content (AvgIpc) is 3.08. The van der Waals surface area contributed by atoms with Gasteiger partial charge in [-0.3, -0.25) is 0 Å². The molecule has 0 aliphatic heterocycles. The number of halogens is 6. The van der Waals surface area contributed by atoms with Crippen molar-refractivity contribution < 1.29 is 49.4 Å². The van der Waals surface area contributed by atoms with Gasteiger partial charge in [0, 0.05) is 18.0 Å². The number of H-pyrrole nitrogens is 1. The van der Waals surface area contributed by atoms with Gasteiger partial charge in [0.1, 0.15) is 5.75 Å². The second-order valence-corrected chi connectivity index (χ2v) is 6.24. The Morgan fingerprint density at radius 3 is 1.83 bits per heavy atom. The number of aromatic amines is 1. The number of fused-ring (bicyclic) bond motifs is 1. The van der Waals surface area contributed by atoms with Gasteiger partial charge in [-0.05, 0) is 12.1 Å². The summed E-state index contributed by atoms with van der Waals surface area (Å²) in [5.74, 6) is 0.896. The fourth-order valence-corrected chi connectivity index (χ4v) is 1.55. The van der Waals surface area contributed by atoms with Crippen LogP contribution < -0.4 is 4.74 Å². The maximum Gasteiger partial charge on any atom is 1.00 e. The molecule has 2 radical (unpaired) electrons. The van der Waals surface area contributed by atoms with Gasteiger partial charge in [0.25, 0.3) is 0 Å². The van der Waals surface area contributed by atoms with Crippen LogP contribution in [0.2, 0.25) is 0 Å². The van der Waals surface area contributed by atoms with Gasteiger partial charge in [-0.25, -0.2) is 0 Å². The Kier molecular flexibility index (Phi) is 7.28. The molecule has 1 heterocycles. The molecular formula is C14H14F6NOPRu. The topological polar surface area (TPSA) is 25.0 Å². The fraction of sp³-hybridized carbons (Fsp3) is 0.0714. The molecule has 3 rings (SSSR count). The first-order valence-electron chi connectivity index (χ1n) is 6.20. The van der Waals surface area contributed by atoms with Crippen LogP contribution in [0.3, 0.4) is 0 Å². The molecule has 136 valence electrons. The summed E-state index contributed by atoms with van der Waals surface area (Å²) in [5, 5.41) is 1.18. The third kappa shape index (κ3) is 12.1. The molecule has 1 N–H and O–H groups in total. The van der Waals surface area contributed by atoms with E-state index in [4.69, 9.17) is 4.74 Å². The van der Waals surface area contributed by atoms with Crippen molar-refractivity contribution in [2.75, 3.05) is 7.11 Å². The molecule has 1 aromatic heterocycles. The standard InChI is InChI=1S/C9H9NO.C5H5.F6P.Ru/c1-11-8-4-2-3-7-5-6-10-9(7)8;1-2-4-5-3-1;1-7(2,3,4,5)6;/h2-6,10H,1H3;1-5H;;/q;;-1;+1. The van der Waals surface area contributed by atoms with Gasteiger partial charge in [0.15, 0.2) is 0 Å². The number of para-hydroxylation sites is 1. The normalized spacial score (nSPS) is 15.1. The summed E-state index contributed by atoms with van der Waals surface area (Å²) in [4.78, 5) is 3.11. The van der Waals surface area contributed by atoms with E-state index in [2.05, 4.69) is 4.98 Å². The third-order valence-electron chi connectivity index (χ3n) is 2.32. The third-order valence-corrected chi connectivity index (χ3v) is 2.32. The largest absolute Gasteiger partial charge is 1.00 e. The molecule has 0 unspecified atom stereocenters. The molecule has 2 aromatic rings. The predicted molar refractivity (Wildman–Crippen MR) is 81.0 cm³/mol. The van der Waals surface area contributed by atoms with Crippen LogP contribution >= 0.6 is 7.81 Å². The van der Waals surface area contributed by atoms with Crippen LogP contribution in [-0.4, -0.2) is 12.1 Å². The van der Waals surface area contributed by atoms with E-state index in [1.807, 2.05) is 61.2 Å². The zero-order valence-corrected chi connectivity index (χ0v) is 14.9. The zero-order chi connectivity index (χ0) is 17.6. The van der Waals surface area contributed by atoms with Gasteiger partial charge in [-0.15, -0.1) is 0 Å². The number of hydrogen-bond acceptors (Lipinski definition) is 1. The van der Waals surface area contributed by atoms with Gasteiger partial charge in [0.05, 0.1) is 12.6 Å². The van der Waals surface area contributed by atoms with Crippen LogP contribution in [-0.2, 0) is 19.5 Å². The van der Waals surface area contributed by atoms with Crippen molar-refractivity contribution >= 4 is 18.7 Å². The van der Waals surface area contributed by atoms with E-state index >= 15 is 0 Å². The molecule has 0 saturated carbocycles. The van der Waals surface area contributed by atoms with E-state index in [0.717, 1.165) is 11.3 Å². The summed E-state index contributed by atoms with van der Waals surface area (Å²) < 4.78 is 64.3. The minimum Gasteiger partial charge on any atom is -0.0767 e. The van der Waals surface area contributed by atoms with Crippen molar-refractivity contribution in [2.24, 2.45) is 0 Å². The van der Waals surface area contributed by atoms with Crippen molar-refractivity contribution in [3.8, 4) is 5.75 Å². The second kappa shape index (κ2) is 7.70. The summed E-state index contributed by atoms with van der Waals surface area (Å²) in [6.07, 6.45) is 11.9. The summed E-state index contributed by atoms with van der Waals surface area (Å²) >= 11 is 0. The minimum atomic E-state index is -10.7. The van der Waals surface area contributed by atoms with Gasteiger partial charge >= 0.3 is 52.5 Å². The van der Waals surface area contributed by atoms with Crippen LogP contribution in [0.15, 0.2) is 54.8 Å². The molecule has 0 saturated heterocycles. The number of rotatable bonds is 1. The van der Waals surface area contributed by atoms with Gasteiger partial charge < -0.3 is 9.72 Å². The molecule has 0 amide bonds. The fourth-order valence-electron chi connectivity index (χ4n) is 1.55. The van der Waals surface area contributed by atoms with Gasteiger partial charge in [0.2, 0.25) is 0 Å². The molecule has 1 aliphatic carbocycles. The van der Waals surface area contributed by atoms with Crippen LogP contribution in [0.1, 0.15) is 0 Å². The van der Waals surface area contributed by atoms with Crippen LogP contribution in [0.4, 0.5) is 25.2 Å². The molecule has 0 bridgehead atoms. The van der Waals surface area contributed by atoms with Crippen LogP contribution in [0.25, 0.3) is 10.9 Å². The number of nitrogens with one attached hydrogen (secondary N) is 1. The molecule has 10 heteroatoms. The Labute approximate surface area is 147 Å². The Morgan fingerprint density at radius 2 is 1.42 bits per heavy atom. The summed E-state index contributed by atoms with van der Waals surface area (Å²) in [6.45, 7) is 0. The van der Waals surface area contributed by atoms with Crippen molar-refractivity contribution in [2.45, 2.75) is 0 Å².